The summed E-state index contributed by atoms with van der Waals surface area (Å²) >= 11 is 5.63. The number of halogens is 1. The van der Waals surface area contributed by atoms with Gasteiger partial charge in [-0.2, -0.15) is 5.10 Å². The zero-order valence-corrected chi connectivity index (χ0v) is 10.6. The number of nitrogens with one attached hydrogen (secondary N) is 1. The van der Waals surface area contributed by atoms with Crippen LogP contribution in [0.2, 0.25) is 0 Å². The summed E-state index contributed by atoms with van der Waals surface area (Å²) in [5.41, 5.74) is 0.208. The van der Waals surface area contributed by atoms with Gasteiger partial charge in [-0.3, -0.25) is 9.48 Å². The van der Waals surface area contributed by atoms with Gasteiger partial charge in [0.25, 0.3) is 0 Å². The van der Waals surface area contributed by atoms with Gasteiger partial charge in [0, 0.05) is 7.05 Å². The van der Waals surface area contributed by atoms with Crippen LogP contribution in [0.15, 0.2) is 6.20 Å². The van der Waals surface area contributed by atoms with Gasteiger partial charge in [-0.05, 0) is 13.8 Å². The fraction of sp³-hybridized carbons (Fsp3) is 0.500. The third-order valence-corrected chi connectivity index (χ3v) is 2.24. The molecule has 0 aliphatic carbocycles. The van der Waals surface area contributed by atoms with Crippen molar-refractivity contribution in [3.05, 3.63) is 11.8 Å². The first-order valence-corrected chi connectivity index (χ1v) is 5.55. The molecule has 1 N–H and O–H groups in total. The van der Waals surface area contributed by atoms with Gasteiger partial charge in [0.05, 0.1) is 12.8 Å². The van der Waals surface area contributed by atoms with Crippen LogP contribution in [0.4, 0.5) is 5.82 Å². The highest BCUT2D eigenvalue weighted by Gasteiger charge is 2.20. The molecule has 1 heterocycles. The zero-order valence-electron chi connectivity index (χ0n) is 9.86. The summed E-state index contributed by atoms with van der Waals surface area (Å²) in [6.45, 7) is 3.50. The second kappa shape index (κ2) is 5.67. The molecule has 1 rings (SSSR count). The van der Waals surface area contributed by atoms with Crippen molar-refractivity contribution in [2.45, 2.75) is 19.2 Å². The molecule has 94 valence electrons. The summed E-state index contributed by atoms with van der Waals surface area (Å²) in [5, 5.41) is 5.72. The lowest BCUT2D eigenvalue weighted by atomic mass is 10.3. The molecular weight excluding hydrogens is 246 g/mol. The van der Waals surface area contributed by atoms with E-state index in [9.17, 15) is 9.59 Å². The molecule has 6 nitrogen and oxygen atoms in total. The normalized spacial score (nSPS) is 12.0. The molecule has 0 fully saturated rings. The standard InChI is InChI=1S/C10H14ClN3O3/c1-4-17-10(16)7-5-12-14(3)8(7)13-9(15)6(2)11/h5-6H,4H2,1-3H3,(H,13,15). The molecule has 1 aromatic heterocycles. The Balaban J connectivity index is 2.94. The van der Waals surface area contributed by atoms with E-state index in [4.69, 9.17) is 16.3 Å². The number of ether oxygens (including phenoxy) is 1. The van der Waals surface area contributed by atoms with Gasteiger partial charge in [-0.25, -0.2) is 4.79 Å². The lowest BCUT2D eigenvalue weighted by Crippen LogP contribution is -2.23. The minimum Gasteiger partial charge on any atom is -0.462 e. The van der Waals surface area contributed by atoms with E-state index >= 15 is 0 Å². The molecule has 0 saturated carbocycles. The van der Waals surface area contributed by atoms with Crippen molar-refractivity contribution >= 4 is 29.3 Å². The third-order valence-electron chi connectivity index (χ3n) is 2.04. The molecule has 0 aromatic carbocycles. The van der Waals surface area contributed by atoms with Crippen molar-refractivity contribution < 1.29 is 14.3 Å². The number of aromatic nitrogens is 2. The lowest BCUT2D eigenvalue weighted by Gasteiger charge is -2.08. The van der Waals surface area contributed by atoms with E-state index < -0.39 is 17.3 Å². The predicted molar refractivity (Wildman–Crippen MR) is 63.1 cm³/mol. The molecular formula is C10H14ClN3O3. The fourth-order valence-corrected chi connectivity index (χ4v) is 1.21. The monoisotopic (exact) mass is 259 g/mol. The summed E-state index contributed by atoms with van der Waals surface area (Å²) in [7, 11) is 1.61. The molecule has 1 unspecified atom stereocenters. The first-order chi connectivity index (χ1) is 7.97. The third kappa shape index (κ3) is 3.20. The van der Waals surface area contributed by atoms with Crippen LogP contribution in [0.5, 0.6) is 0 Å². The fourth-order valence-electron chi connectivity index (χ4n) is 1.16. The van der Waals surface area contributed by atoms with Gasteiger partial charge in [0.15, 0.2) is 0 Å². The first kappa shape index (κ1) is 13.5. The van der Waals surface area contributed by atoms with E-state index in [1.54, 1.807) is 14.0 Å². The molecule has 0 aliphatic heterocycles. The van der Waals surface area contributed by atoms with Crippen LogP contribution in [0, 0.1) is 0 Å². The Morgan fingerprint density at radius 3 is 2.82 bits per heavy atom. The van der Waals surface area contributed by atoms with Gasteiger partial charge >= 0.3 is 5.97 Å². The number of hydrogen-bond donors (Lipinski definition) is 1. The number of anilines is 1. The highest BCUT2D eigenvalue weighted by atomic mass is 35.5. The smallest absolute Gasteiger partial charge is 0.343 e. The molecule has 0 saturated heterocycles. The molecule has 0 radical (unpaired) electrons. The number of alkyl halides is 1. The number of rotatable bonds is 4. The molecule has 1 aromatic rings. The van der Waals surface area contributed by atoms with E-state index in [2.05, 4.69) is 10.4 Å². The van der Waals surface area contributed by atoms with Crippen molar-refractivity contribution in [1.82, 2.24) is 9.78 Å². The molecule has 0 aliphatic rings. The van der Waals surface area contributed by atoms with E-state index in [0.717, 1.165) is 0 Å². The maximum absolute atomic E-state index is 11.6. The molecule has 0 spiro atoms. The van der Waals surface area contributed by atoms with Gasteiger partial charge in [-0.1, -0.05) is 0 Å². The topological polar surface area (TPSA) is 73.2 Å². The molecule has 1 amide bonds. The highest BCUT2D eigenvalue weighted by molar-refractivity contribution is 6.32. The molecule has 7 heteroatoms. The first-order valence-electron chi connectivity index (χ1n) is 5.11. The Bertz CT molecular complexity index is 428. The van der Waals surface area contributed by atoms with E-state index in [-0.39, 0.29) is 18.0 Å². The van der Waals surface area contributed by atoms with Crippen molar-refractivity contribution in [3.63, 3.8) is 0 Å². The van der Waals surface area contributed by atoms with Crippen LogP contribution in [0.3, 0.4) is 0 Å². The van der Waals surface area contributed by atoms with Crippen molar-refractivity contribution in [1.29, 1.82) is 0 Å². The maximum atomic E-state index is 11.6. The lowest BCUT2D eigenvalue weighted by molar-refractivity contribution is -0.115. The number of esters is 1. The average molecular weight is 260 g/mol. The summed E-state index contributed by atoms with van der Waals surface area (Å²) in [5.74, 6) is -0.653. The number of nitrogens with zero attached hydrogens (tertiary/aromatic N) is 2. The Morgan fingerprint density at radius 1 is 1.65 bits per heavy atom. The largest absolute Gasteiger partial charge is 0.462 e. The minimum absolute atomic E-state index is 0.208. The summed E-state index contributed by atoms with van der Waals surface area (Å²) in [6.07, 6.45) is 1.34. The van der Waals surface area contributed by atoms with Crippen molar-refractivity contribution in [2.75, 3.05) is 11.9 Å². The van der Waals surface area contributed by atoms with Crippen LogP contribution in [-0.2, 0) is 16.6 Å². The second-order valence-electron chi connectivity index (χ2n) is 3.36. The van der Waals surface area contributed by atoms with Crippen LogP contribution in [0.1, 0.15) is 24.2 Å². The Labute approximate surface area is 104 Å². The number of carbonyl (C=O) groups excluding carboxylic acids is 2. The van der Waals surface area contributed by atoms with Crippen LogP contribution in [0.25, 0.3) is 0 Å². The predicted octanol–water partition coefficient (Wildman–Crippen LogP) is 1.16. The summed E-state index contributed by atoms with van der Waals surface area (Å²) in [6, 6.07) is 0. The number of hydrogen-bond acceptors (Lipinski definition) is 4. The number of amides is 1. The Morgan fingerprint density at radius 2 is 2.29 bits per heavy atom. The van der Waals surface area contributed by atoms with E-state index in [0.29, 0.717) is 0 Å². The summed E-state index contributed by atoms with van der Waals surface area (Å²) in [4.78, 5) is 23.0. The van der Waals surface area contributed by atoms with Gasteiger partial charge in [0.2, 0.25) is 5.91 Å². The maximum Gasteiger partial charge on any atom is 0.343 e. The highest BCUT2D eigenvalue weighted by Crippen LogP contribution is 2.16. The Kier molecular flexibility index (Phi) is 4.51. The van der Waals surface area contributed by atoms with Gasteiger partial charge in [0.1, 0.15) is 16.8 Å². The van der Waals surface area contributed by atoms with Crippen LogP contribution < -0.4 is 5.32 Å². The Hall–Kier alpha value is -1.56. The van der Waals surface area contributed by atoms with Crippen LogP contribution in [-0.4, -0.2) is 33.6 Å². The SMILES string of the molecule is CCOC(=O)c1cnn(C)c1NC(=O)C(C)Cl. The quantitative estimate of drug-likeness (QED) is 0.651. The van der Waals surface area contributed by atoms with E-state index in [1.807, 2.05) is 0 Å². The molecule has 17 heavy (non-hydrogen) atoms. The van der Waals surface area contributed by atoms with Crippen LogP contribution >= 0.6 is 11.6 Å². The summed E-state index contributed by atoms with van der Waals surface area (Å²) < 4.78 is 6.23. The van der Waals surface area contributed by atoms with Gasteiger partial charge < -0.3 is 10.1 Å². The molecule has 0 bridgehead atoms. The number of carbonyl (C=O) groups is 2. The minimum atomic E-state index is -0.694. The molecule has 1 atom stereocenters. The average Bonchev–Trinajstić information content (AvgIpc) is 2.61. The zero-order chi connectivity index (χ0) is 13.0. The second-order valence-corrected chi connectivity index (χ2v) is 4.01. The number of aryl methyl sites for hydroxylation is 1. The van der Waals surface area contributed by atoms with Gasteiger partial charge in [-0.15, -0.1) is 11.6 Å². The van der Waals surface area contributed by atoms with Crippen molar-refractivity contribution in [3.8, 4) is 0 Å². The van der Waals surface area contributed by atoms with Crippen molar-refractivity contribution in [2.24, 2.45) is 7.05 Å². The van der Waals surface area contributed by atoms with E-state index in [1.165, 1.54) is 17.8 Å².